The van der Waals surface area contributed by atoms with E-state index in [9.17, 15) is 4.79 Å². The van der Waals surface area contributed by atoms with Crippen LogP contribution in [0.3, 0.4) is 0 Å². The van der Waals surface area contributed by atoms with Crippen molar-refractivity contribution in [2.45, 2.75) is 110 Å². The summed E-state index contributed by atoms with van der Waals surface area (Å²) in [5.41, 5.74) is 0. The fraction of sp³-hybridized carbons (Fsp3) is 0.952. The van der Waals surface area contributed by atoms with E-state index < -0.39 is 0 Å². The summed E-state index contributed by atoms with van der Waals surface area (Å²) >= 11 is 0. The van der Waals surface area contributed by atoms with Gasteiger partial charge in [0.05, 0.1) is 0 Å². The van der Waals surface area contributed by atoms with Gasteiger partial charge in [0, 0.05) is 19.5 Å². The molecular formula is C21H41NO. The average molecular weight is 324 g/mol. The van der Waals surface area contributed by atoms with Crippen LogP contribution in [0.4, 0.5) is 0 Å². The van der Waals surface area contributed by atoms with Gasteiger partial charge in [-0.25, -0.2) is 0 Å². The van der Waals surface area contributed by atoms with Crippen molar-refractivity contribution in [1.82, 2.24) is 4.90 Å². The molecule has 1 heterocycles. The van der Waals surface area contributed by atoms with Gasteiger partial charge in [0.25, 0.3) is 0 Å². The first-order chi connectivity index (χ1) is 11.2. The number of unbranched alkanes of at least 4 members (excludes halogenated alkanes) is 8. The molecule has 1 saturated heterocycles. The largest absolute Gasteiger partial charge is 0.343 e. The third kappa shape index (κ3) is 10.8. The van der Waals surface area contributed by atoms with Crippen LogP contribution < -0.4 is 0 Å². The van der Waals surface area contributed by atoms with Crippen LogP contribution in [0.25, 0.3) is 0 Å². The predicted octanol–water partition coefficient (Wildman–Crippen LogP) is 6.34. The number of carbonyl (C=O) groups is 1. The van der Waals surface area contributed by atoms with Gasteiger partial charge in [-0.1, -0.05) is 84.5 Å². The van der Waals surface area contributed by atoms with Crippen LogP contribution in [0.2, 0.25) is 0 Å². The Labute approximate surface area is 145 Å². The molecule has 0 spiro atoms. The summed E-state index contributed by atoms with van der Waals surface area (Å²) < 4.78 is 0. The minimum Gasteiger partial charge on any atom is -0.343 e. The maximum absolute atomic E-state index is 11.9. The van der Waals surface area contributed by atoms with E-state index in [1.807, 2.05) is 0 Å². The molecule has 1 aliphatic rings. The molecule has 0 aromatic carbocycles. The van der Waals surface area contributed by atoms with Crippen molar-refractivity contribution in [1.29, 1.82) is 0 Å². The second-order valence-corrected chi connectivity index (χ2v) is 7.70. The molecule has 1 fully saturated rings. The highest BCUT2D eigenvalue weighted by Crippen LogP contribution is 2.17. The third-order valence-corrected chi connectivity index (χ3v) is 5.35. The molecule has 2 nitrogen and oxygen atoms in total. The third-order valence-electron chi connectivity index (χ3n) is 5.35. The maximum atomic E-state index is 11.9. The Hall–Kier alpha value is -0.530. The Morgan fingerprint density at radius 1 is 0.826 bits per heavy atom. The monoisotopic (exact) mass is 323 g/mol. The lowest BCUT2D eigenvalue weighted by atomic mass is 9.97. The molecule has 0 saturated carbocycles. The van der Waals surface area contributed by atoms with Gasteiger partial charge in [-0.3, -0.25) is 4.79 Å². The SMILES string of the molecule is CCCCC(C)CCCCCCCCCCC(=O)N1CCCC1. The molecule has 1 atom stereocenters. The molecule has 23 heavy (non-hydrogen) atoms. The van der Waals surface area contributed by atoms with Gasteiger partial charge in [0.15, 0.2) is 0 Å². The summed E-state index contributed by atoms with van der Waals surface area (Å²) in [5, 5.41) is 0. The molecule has 0 aromatic heterocycles. The number of carbonyl (C=O) groups excluding carboxylic acids is 1. The van der Waals surface area contributed by atoms with Crippen LogP contribution >= 0.6 is 0 Å². The summed E-state index contributed by atoms with van der Waals surface area (Å²) in [5.74, 6) is 1.34. The van der Waals surface area contributed by atoms with E-state index in [1.165, 1.54) is 83.5 Å². The smallest absolute Gasteiger partial charge is 0.222 e. The Morgan fingerprint density at radius 3 is 1.96 bits per heavy atom. The van der Waals surface area contributed by atoms with E-state index in [0.29, 0.717) is 5.91 Å². The summed E-state index contributed by atoms with van der Waals surface area (Å²) in [7, 11) is 0. The predicted molar refractivity (Wildman–Crippen MR) is 101 cm³/mol. The van der Waals surface area contributed by atoms with E-state index in [-0.39, 0.29) is 0 Å². The second kappa shape index (κ2) is 13.9. The van der Waals surface area contributed by atoms with Crippen LogP contribution in [-0.4, -0.2) is 23.9 Å². The quantitative estimate of drug-likeness (QED) is 0.342. The topological polar surface area (TPSA) is 20.3 Å². The Morgan fingerprint density at radius 2 is 1.35 bits per heavy atom. The van der Waals surface area contributed by atoms with Crippen LogP contribution in [-0.2, 0) is 4.79 Å². The fourth-order valence-electron chi connectivity index (χ4n) is 3.65. The summed E-state index contributed by atoms with van der Waals surface area (Å²) in [6, 6.07) is 0. The fourth-order valence-corrected chi connectivity index (χ4v) is 3.65. The average Bonchev–Trinajstić information content (AvgIpc) is 3.09. The molecule has 1 unspecified atom stereocenters. The molecule has 2 heteroatoms. The lowest BCUT2D eigenvalue weighted by Crippen LogP contribution is -2.27. The lowest BCUT2D eigenvalue weighted by Gasteiger charge is -2.14. The molecule has 0 aliphatic carbocycles. The molecule has 1 aliphatic heterocycles. The summed E-state index contributed by atoms with van der Waals surface area (Å²) in [6.07, 6.45) is 19.5. The minimum atomic E-state index is 0.402. The molecule has 0 radical (unpaired) electrons. The summed E-state index contributed by atoms with van der Waals surface area (Å²) in [6.45, 7) is 6.72. The van der Waals surface area contributed by atoms with Crippen LogP contribution in [0.1, 0.15) is 110 Å². The van der Waals surface area contributed by atoms with Gasteiger partial charge in [-0.2, -0.15) is 0 Å². The van der Waals surface area contributed by atoms with Gasteiger partial charge in [-0.05, 0) is 25.2 Å². The number of nitrogens with zero attached hydrogens (tertiary/aromatic N) is 1. The van der Waals surface area contributed by atoms with Crippen molar-refractivity contribution in [2.75, 3.05) is 13.1 Å². The van der Waals surface area contributed by atoms with Crippen molar-refractivity contribution in [3.05, 3.63) is 0 Å². The maximum Gasteiger partial charge on any atom is 0.222 e. The van der Waals surface area contributed by atoms with Gasteiger partial charge in [0.1, 0.15) is 0 Å². The second-order valence-electron chi connectivity index (χ2n) is 7.70. The Bertz CT molecular complexity index is 284. The number of hydrogen-bond donors (Lipinski definition) is 0. The number of likely N-dealkylation sites (tertiary alicyclic amines) is 1. The highest BCUT2D eigenvalue weighted by molar-refractivity contribution is 5.76. The minimum absolute atomic E-state index is 0.402. The molecule has 1 rings (SSSR count). The van der Waals surface area contributed by atoms with Gasteiger partial charge in [-0.15, -0.1) is 0 Å². The highest BCUT2D eigenvalue weighted by Gasteiger charge is 2.16. The van der Waals surface area contributed by atoms with Crippen molar-refractivity contribution in [3.63, 3.8) is 0 Å². The highest BCUT2D eigenvalue weighted by atomic mass is 16.2. The zero-order chi connectivity index (χ0) is 16.8. The lowest BCUT2D eigenvalue weighted by molar-refractivity contribution is -0.130. The van der Waals surface area contributed by atoms with E-state index in [0.717, 1.165) is 31.8 Å². The molecule has 136 valence electrons. The first kappa shape index (κ1) is 20.5. The first-order valence-electron chi connectivity index (χ1n) is 10.5. The zero-order valence-electron chi connectivity index (χ0n) is 16.0. The van der Waals surface area contributed by atoms with Gasteiger partial charge in [0.2, 0.25) is 5.91 Å². The molecular weight excluding hydrogens is 282 g/mol. The molecule has 0 aromatic rings. The van der Waals surface area contributed by atoms with Gasteiger partial charge < -0.3 is 4.90 Å². The zero-order valence-corrected chi connectivity index (χ0v) is 16.0. The van der Waals surface area contributed by atoms with E-state index in [1.54, 1.807) is 0 Å². The number of hydrogen-bond acceptors (Lipinski definition) is 1. The number of amides is 1. The van der Waals surface area contributed by atoms with Crippen molar-refractivity contribution < 1.29 is 4.79 Å². The Balaban J connectivity index is 1.78. The molecule has 1 amide bonds. The first-order valence-corrected chi connectivity index (χ1v) is 10.5. The van der Waals surface area contributed by atoms with Crippen molar-refractivity contribution in [3.8, 4) is 0 Å². The van der Waals surface area contributed by atoms with E-state index in [4.69, 9.17) is 0 Å². The normalized spacial score (nSPS) is 16.0. The van der Waals surface area contributed by atoms with E-state index in [2.05, 4.69) is 18.7 Å². The Kier molecular flexibility index (Phi) is 12.4. The van der Waals surface area contributed by atoms with E-state index >= 15 is 0 Å². The van der Waals surface area contributed by atoms with Gasteiger partial charge >= 0.3 is 0 Å². The van der Waals surface area contributed by atoms with Crippen LogP contribution in [0, 0.1) is 5.92 Å². The molecule has 0 bridgehead atoms. The molecule has 0 N–H and O–H groups in total. The van der Waals surface area contributed by atoms with Crippen LogP contribution in [0.15, 0.2) is 0 Å². The summed E-state index contributed by atoms with van der Waals surface area (Å²) in [4.78, 5) is 14.0. The standard InChI is InChI=1S/C21H41NO/c1-3-4-15-20(2)16-11-9-7-5-6-8-10-12-17-21(23)22-18-13-14-19-22/h20H,3-19H2,1-2H3. The number of rotatable bonds is 14. The van der Waals surface area contributed by atoms with Crippen molar-refractivity contribution >= 4 is 5.91 Å². The van der Waals surface area contributed by atoms with Crippen LogP contribution in [0.5, 0.6) is 0 Å². The van der Waals surface area contributed by atoms with Crippen molar-refractivity contribution in [2.24, 2.45) is 5.92 Å².